The van der Waals surface area contributed by atoms with Crippen molar-refractivity contribution in [1.82, 2.24) is 20.4 Å². The summed E-state index contributed by atoms with van der Waals surface area (Å²) in [4.78, 5) is 18.7. The summed E-state index contributed by atoms with van der Waals surface area (Å²) in [5.41, 5.74) is 0.988. The number of ether oxygens (including phenoxy) is 2. The predicted molar refractivity (Wildman–Crippen MR) is 89.9 cm³/mol. The van der Waals surface area contributed by atoms with Gasteiger partial charge in [-0.05, 0) is 30.5 Å². The van der Waals surface area contributed by atoms with E-state index < -0.39 is 0 Å². The maximum Gasteiger partial charge on any atom is 0.234 e. The second-order valence-electron chi connectivity index (χ2n) is 7.12. The smallest absolute Gasteiger partial charge is 0.234 e. The number of fused-ring (bicyclic) bond motifs is 1. The highest BCUT2D eigenvalue weighted by Gasteiger charge is 2.35. The third-order valence-electron chi connectivity index (χ3n) is 5.00. The molecule has 8 heteroatoms. The molecule has 1 amide bonds. The van der Waals surface area contributed by atoms with Crippen LogP contribution in [0.15, 0.2) is 22.7 Å². The first-order valence-electron chi connectivity index (χ1n) is 8.95. The highest BCUT2D eigenvalue weighted by atomic mass is 16.7. The van der Waals surface area contributed by atoms with E-state index in [0.717, 1.165) is 36.0 Å². The molecule has 1 saturated carbocycles. The van der Waals surface area contributed by atoms with E-state index >= 15 is 0 Å². The summed E-state index contributed by atoms with van der Waals surface area (Å²) in [5.74, 6) is 3.79. The van der Waals surface area contributed by atoms with Gasteiger partial charge in [0.2, 0.25) is 18.6 Å². The monoisotopic (exact) mass is 356 g/mol. The fraction of sp³-hybridized carbons (Fsp3) is 0.500. The number of carbonyl (C=O) groups excluding carboxylic acids is 1. The summed E-state index contributed by atoms with van der Waals surface area (Å²) in [5, 5.41) is 6.99. The van der Waals surface area contributed by atoms with Gasteiger partial charge in [-0.25, -0.2) is 0 Å². The molecule has 2 aromatic rings. The fourth-order valence-electron chi connectivity index (χ4n) is 3.29. The molecule has 1 aromatic heterocycles. The van der Waals surface area contributed by atoms with Crippen LogP contribution in [0.5, 0.6) is 11.5 Å². The van der Waals surface area contributed by atoms with E-state index in [1.54, 1.807) is 0 Å². The van der Waals surface area contributed by atoms with Crippen molar-refractivity contribution in [2.24, 2.45) is 0 Å². The molecule has 26 heavy (non-hydrogen) atoms. The van der Waals surface area contributed by atoms with E-state index in [2.05, 4.69) is 20.4 Å². The predicted octanol–water partition coefficient (Wildman–Crippen LogP) is 1.39. The van der Waals surface area contributed by atoms with Crippen LogP contribution >= 0.6 is 0 Å². The van der Waals surface area contributed by atoms with Gasteiger partial charge in [-0.2, -0.15) is 4.98 Å². The van der Waals surface area contributed by atoms with Gasteiger partial charge in [-0.15, -0.1) is 0 Å². The molecule has 2 fully saturated rings. The summed E-state index contributed by atoms with van der Waals surface area (Å²) in [6.45, 7) is 2.67. The van der Waals surface area contributed by atoms with Gasteiger partial charge in [0.1, 0.15) is 0 Å². The van der Waals surface area contributed by atoms with Gasteiger partial charge in [0.25, 0.3) is 0 Å². The Hall–Kier alpha value is -2.61. The molecule has 3 heterocycles. The molecule has 1 aliphatic carbocycles. The Bertz CT molecular complexity index is 826. The van der Waals surface area contributed by atoms with Crippen molar-refractivity contribution >= 4 is 5.91 Å². The maximum atomic E-state index is 12.1. The standard InChI is InChI=1S/C18H20N4O4/c23-16(19-6-11-1-4-14-15(5-11)25-10-24-14)9-22-7-13(8-22)18-20-17(21-26-18)12-2-3-12/h1,4-5,12-13H,2-3,6-10H2,(H,19,23). The van der Waals surface area contributed by atoms with Gasteiger partial charge in [-0.1, -0.05) is 11.2 Å². The van der Waals surface area contributed by atoms with Gasteiger partial charge >= 0.3 is 0 Å². The Morgan fingerprint density at radius 3 is 2.88 bits per heavy atom. The topological polar surface area (TPSA) is 89.7 Å². The largest absolute Gasteiger partial charge is 0.454 e. The Morgan fingerprint density at radius 2 is 2.04 bits per heavy atom. The number of nitrogens with one attached hydrogen (secondary N) is 1. The number of hydrogen-bond acceptors (Lipinski definition) is 7. The lowest BCUT2D eigenvalue weighted by molar-refractivity contribution is -0.123. The Morgan fingerprint density at radius 1 is 1.19 bits per heavy atom. The molecule has 2 aliphatic heterocycles. The molecule has 1 N–H and O–H groups in total. The maximum absolute atomic E-state index is 12.1. The third-order valence-corrected chi connectivity index (χ3v) is 5.00. The molecule has 1 saturated heterocycles. The third kappa shape index (κ3) is 3.12. The lowest BCUT2D eigenvalue weighted by Gasteiger charge is -2.36. The van der Waals surface area contributed by atoms with Crippen LogP contribution < -0.4 is 14.8 Å². The molecule has 1 aromatic carbocycles. The average Bonchev–Trinajstić information content (AvgIpc) is 3.16. The minimum atomic E-state index is 0.00492. The van der Waals surface area contributed by atoms with Crippen LogP contribution in [0.2, 0.25) is 0 Å². The van der Waals surface area contributed by atoms with Crippen LogP contribution in [-0.4, -0.2) is 47.4 Å². The van der Waals surface area contributed by atoms with E-state index in [4.69, 9.17) is 14.0 Å². The zero-order chi connectivity index (χ0) is 17.5. The first kappa shape index (κ1) is 15.6. The summed E-state index contributed by atoms with van der Waals surface area (Å²) in [6.07, 6.45) is 2.33. The summed E-state index contributed by atoms with van der Waals surface area (Å²) in [7, 11) is 0. The molecule has 0 radical (unpaired) electrons. The van der Waals surface area contributed by atoms with Crippen molar-refractivity contribution in [3.8, 4) is 11.5 Å². The molecule has 3 aliphatic rings. The minimum Gasteiger partial charge on any atom is -0.454 e. The number of aromatic nitrogens is 2. The van der Waals surface area contributed by atoms with Crippen LogP contribution in [-0.2, 0) is 11.3 Å². The van der Waals surface area contributed by atoms with Crippen LogP contribution in [0, 0.1) is 0 Å². The van der Waals surface area contributed by atoms with E-state index in [0.29, 0.717) is 24.9 Å². The number of hydrogen-bond donors (Lipinski definition) is 1. The minimum absolute atomic E-state index is 0.00492. The van der Waals surface area contributed by atoms with Gasteiger partial charge in [-0.3, -0.25) is 9.69 Å². The molecule has 8 nitrogen and oxygen atoms in total. The van der Waals surface area contributed by atoms with Crippen molar-refractivity contribution in [3.05, 3.63) is 35.5 Å². The fourth-order valence-corrected chi connectivity index (χ4v) is 3.29. The lowest BCUT2D eigenvalue weighted by atomic mass is 10.0. The highest BCUT2D eigenvalue weighted by Crippen LogP contribution is 2.39. The quantitative estimate of drug-likeness (QED) is 0.836. The van der Waals surface area contributed by atoms with Crippen molar-refractivity contribution in [3.63, 3.8) is 0 Å². The van der Waals surface area contributed by atoms with E-state index in [-0.39, 0.29) is 18.6 Å². The van der Waals surface area contributed by atoms with E-state index in [1.807, 2.05) is 18.2 Å². The SMILES string of the molecule is O=C(CN1CC(c2nc(C3CC3)no2)C1)NCc1ccc2c(c1)OCO2. The molecular formula is C18H20N4O4. The van der Waals surface area contributed by atoms with Crippen molar-refractivity contribution in [1.29, 1.82) is 0 Å². The van der Waals surface area contributed by atoms with Gasteiger partial charge < -0.3 is 19.3 Å². The normalized spacial score (nSPS) is 19.4. The van der Waals surface area contributed by atoms with E-state index in [9.17, 15) is 4.79 Å². The van der Waals surface area contributed by atoms with Crippen molar-refractivity contribution < 1.29 is 18.8 Å². The van der Waals surface area contributed by atoms with Crippen LogP contribution in [0.3, 0.4) is 0 Å². The van der Waals surface area contributed by atoms with Crippen LogP contribution in [0.25, 0.3) is 0 Å². The lowest BCUT2D eigenvalue weighted by Crippen LogP contribution is -2.49. The zero-order valence-corrected chi connectivity index (χ0v) is 14.3. The Labute approximate surface area is 150 Å². The average molecular weight is 356 g/mol. The first-order chi connectivity index (χ1) is 12.7. The molecular weight excluding hydrogens is 336 g/mol. The summed E-state index contributed by atoms with van der Waals surface area (Å²) in [6, 6.07) is 5.69. The number of rotatable bonds is 6. The molecule has 0 spiro atoms. The van der Waals surface area contributed by atoms with Crippen molar-refractivity contribution in [2.75, 3.05) is 26.4 Å². The molecule has 136 valence electrons. The van der Waals surface area contributed by atoms with Gasteiger partial charge in [0.05, 0.1) is 12.5 Å². The van der Waals surface area contributed by atoms with Crippen molar-refractivity contribution in [2.45, 2.75) is 31.2 Å². The second-order valence-corrected chi connectivity index (χ2v) is 7.12. The molecule has 0 unspecified atom stereocenters. The summed E-state index contributed by atoms with van der Waals surface area (Å²) >= 11 is 0. The molecule has 0 bridgehead atoms. The summed E-state index contributed by atoms with van der Waals surface area (Å²) < 4.78 is 16.0. The molecule has 5 rings (SSSR count). The van der Waals surface area contributed by atoms with Gasteiger partial charge in [0.15, 0.2) is 17.3 Å². The van der Waals surface area contributed by atoms with Crippen LogP contribution in [0.1, 0.15) is 42.0 Å². The number of likely N-dealkylation sites (tertiary alicyclic amines) is 1. The number of benzene rings is 1. The molecule has 0 atom stereocenters. The Balaban J connectivity index is 1.07. The van der Waals surface area contributed by atoms with Crippen LogP contribution in [0.4, 0.5) is 0 Å². The number of nitrogens with zero attached hydrogens (tertiary/aromatic N) is 3. The first-order valence-corrected chi connectivity index (χ1v) is 8.95. The highest BCUT2D eigenvalue weighted by molar-refractivity contribution is 5.78. The van der Waals surface area contributed by atoms with Gasteiger partial charge in [0, 0.05) is 25.6 Å². The second kappa shape index (κ2) is 6.28. The number of amides is 1. The zero-order valence-electron chi connectivity index (χ0n) is 14.3. The Kier molecular flexibility index (Phi) is 3.77. The van der Waals surface area contributed by atoms with E-state index in [1.165, 1.54) is 12.8 Å². The number of carbonyl (C=O) groups is 1.